The maximum absolute atomic E-state index is 12.2. The van der Waals surface area contributed by atoms with E-state index >= 15 is 0 Å². The molecular formula is C12H16ClNO3S. The molecule has 0 radical (unpaired) electrons. The molecule has 6 heteroatoms. The van der Waals surface area contributed by atoms with Gasteiger partial charge in [0.05, 0.1) is 11.1 Å². The first-order valence-corrected chi connectivity index (χ1v) is 7.75. The predicted molar refractivity (Wildman–Crippen MR) is 70.2 cm³/mol. The highest BCUT2D eigenvalue weighted by molar-refractivity contribution is 7.89. The molecule has 0 bridgehead atoms. The first-order chi connectivity index (χ1) is 8.50. The summed E-state index contributed by atoms with van der Waals surface area (Å²) in [6.45, 7) is 2.51. The lowest BCUT2D eigenvalue weighted by atomic mass is 10.1. The molecule has 0 amide bonds. The first-order valence-electron chi connectivity index (χ1n) is 5.89. The minimum atomic E-state index is -3.59. The Labute approximate surface area is 112 Å². The lowest BCUT2D eigenvalue weighted by Crippen LogP contribution is -2.40. The third kappa shape index (κ3) is 3.03. The number of hydrogen-bond donors (Lipinski definition) is 1. The van der Waals surface area contributed by atoms with Gasteiger partial charge in [0.15, 0.2) is 0 Å². The van der Waals surface area contributed by atoms with Crippen molar-refractivity contribution in [3.63, 3.8) is 0 Å². The molecule has 4 nitrogen and oxygen atoms in total. The second-order valence-electron chi connectivity index (χ2n) is 4.39. The standard InChI is InChI=1S/C12H16ClNO3S/c1-9(11-6-4-8-17-11)14-18(15,16)12-7-3-2-5-10(12)13/h2-3,5,7,9,11,14H,4,6,8H2,1H3/t9-,11-/m0/s1. The number of benzene rings is 1. The van der Waals surface area contributed by atoms with Crippen LogP contribution in [0.1, 0.15) is 19.8 Å². The van der Waals surface area contributed by atoms with Crippen LogP contribution in [0.25, 0.3) is 0 Å². The third-order valence-corrected chi connectivity index (χ3v) is 5.05. The monoisotopic (exact) mass is 289 g/mol. The van der Waals surface area contributed by atoms with Gasteiger partial charge in [-0.3, -0.25) is 0 Å². The van der Waals surface area contributed by atoms with Crippen molar-refractivity contribution in [2.45, 2.75) is 36.8 Å². The first kappa shape index (κ1) is 13.8. The van der Waals surface area contributed by atoms with Gasteiger partial charge in [-0.25, -0.2) is 13.1 Å². The van der Waals surface area contributed by atoms with Gasteiger partial charge in [-0.15, -0.1) is 0 Å². The highest BCUT2D eigenvalue weighted by Gasteiger charge is 2.27. The van der Waals surface area contributed by atoms with Gasteiger partial charge in [-0.1, -0.05) is 23.7 Å². The number of hydrogen-bond acceptors (Lipinski definition) is 3. The van der Waals surface area contributed by atoms with Crippen LogP contribution in [0.4, 0.5) is 0 Å². The van der Waals surface area contributed by atoms with Crippen molar-refractivity contribution < 1.29 is 13.2 Å². The second kappa shape index (κ2) is 5.57. The fourth-order valence-corrected chi connectivity index (χ4v) is 3.83. The van der Waals surface area contributed by atoms with E-state index in [1.54, 1.807) is 18.2 Å². The molecule has 1 N–H and O–H groups in total. The molecule has 0 saturated carbocycles. The molecule has 1 aliphatic heterocycles. The molecule has 0 spiro atoms. The minimum absolute atomic E-state index is 0.0535. The Morgan fingerprint density at radius 1 is 1.44 bits per heavy atom. The van der Waals surface area contributed by atoms with Gasteiger partial charge < -0.3 is 4.74 Å². The molecule has 0 unspecified atom stereocenters. The number of nitrogens with one attached hydrogen (secondary N) is 1. The molecule has 1 fully saturated rings. The van der Waals surface area contributed by atoms with E-state index in [9.17, 15) is 8.42 Å². The van der Waals surface area contributed by atoms with Crippen LogP contribution in [0.2, 0.25) is 5.02 Å². The van der Waals surface area contributed by atoms with Crippen molar-refractivity contribution in [1.82, 2.24) is 4.72 Å². The molecule has 100 valence electrons. The lowest BCUT2D eigenvalue weighted by Gasteiger charge is -2.20. The molecule has 1 heterocycles. The lowest BCUT2D eigenvalue weighted by molar-refractivity contribution is 0.0902. The van der Waals surface area contributed by atoms with E-state index in [2.05, 4.69) is 4.72 Å². The normalized spacial score (nSPS) is 22.0. The van der Waals surface area contributed by atoms with Crippen LogP contribution in [0.15, 0.2) is 29.2 Å². The molecule has 1 aromatic rings. The Hall–Kier alpha value is -0.620. The third-order valence-electron chi connectivity index (χ3n) is 2.99. The minimum Gasteiger partial charge on any atom is -0.377 e. The Balaban J connectivity index is 2.14. The van der Waals surface area contributed by atoms with Crippen LogP contribution in [0, 0.1) is 0 Å². The molecule has 0 aromatic heterocycles. The van der Waals surface area contributed by atoms with Gasteiger partial charge >= 0.3 is 0 Å². The van der Waals surface area contributed by atoms with Crippen LogP contribution in [-0.2, 0) is 14.8 Å². The van der Waals surface area contributed by atoms with Crippen LogP contribution in [0.5, 0.6) is 0 Å². The van der Waals surface area contributed by atoms with Crippen molar-refractivity contribution in [2.75, 3.05) is 6.61 Å². The SMILES string of the molecule is C[C@H](NS(=O)(=O)c1ccccc1Cl)[C@@H]1CCCO1. The van der Waals surface area contributed by atoms with Gasteiger partial charge in [-0.05, 0) is 31.9 Å². The summed E-state index contributed by atoms with van der Waals surface area (Å²) >= 11 is 5.90. The van der Waals surface area contributed by atoms with Gasteiger partial charge in [0.25, 0.3) is 0 Å². The van der Waals surface area contributed by atoms with Crippen molar-refractivity contribution in [2.24, 2.45) is 0 Å². The van der Waals surface area contributed by atoms with Crippen LogP contribution in [-0.4, -0.2) is 27.2 Å². The zero-order chi connectivity index (χ0) is 13.2. The highest BCUT2D eigenvalue weighted by Crippen LogP contribution is 2.22. The van der Waals surface area contributed by atoms with E-state index in [0.717, 1.165) is 12.8 Å². The average Bonchev–Trinajstić information content (AvgIpc) is 2.82. The van der Waals surface area contributed by atoms with Crippen molar-refractivity contribution in [3.8, 4) is 0 Å². The second-order valence-corrected chi connectivity index (χ2v) is 6.48. The summed E-state index contributed by atoms with van der Waals surface area (Å²) in [5.41, 5.74) is 0. The fourth-order valence-electron chi connectivity index (χ4n) is 2.04. The van der Waals surface area contributed by atoms with E-state index in [4.69, 9.17) is 16.3 Å². The molecule has 1 saturated heterocycles. The molecule has 0 aliphatic carbocycles. The Morgan fingerprint density at radius 3 is 2.78 bits per heavy atom. The summed E-state index contributed by atoms with van der Waals surface area (Å²) in [5, 5.41) is 0.226. The van der Waals surface area contributed by atoms with Gasteiger partial charge in [0.2, 0.25) is 10.0 Å². The molecule has 18 heavy (non-hydrogen) atoms. The van der Waals surface area contributed by atoms with E-state index in [-0.39, 0.29) is 22.1 Å². The van der Waals surface area contributed by atoms with E-state index < -0.39 is 10.0 Å². The summed E-state index contributed by atoms with van der Waals surface area (Å²) in [6.07, 6.45) is 1.80. The van der Waals surface area contributed by atoms with Crippen LogP contribution in [0.3, 0.4) is 0 Å². The number of ether oxygens (including phenoxy) is 1. The van der Waals surface area contributed by atoms with E-state index in [1.165, 1.54) is 6.07 Å². The van der Waals surface area contributed by atoms with Gasteiger partial charge in [0.1, 0.15) is 4.90 Å². The summed E-state index contributed by atoms with van der Waals surface area (Å²) in [7, 11) is -3.59. The van der Waals surface area contributed by atoms with Crippen LogP contribution < -0.4 is 4.72 Å². The van der Waals surface area contributed by atoms with Gasteiger partial charge in [-0.2, -0.15) is 0 Å². The van der Waals surface area contributed by atoms with Gasteiger partial charge in [0, 0.05) is 12.6 Å². The smallest absolute Gasteiger partial charge is 0.242 e. The maximum Gasteiger partial charge on any atom is 0.242 e. The Kier molecular flexibility index (Phi) is 4.27. The predicted octanol–water partition coefficient (Wildman–Crippen LogP) is 2.19. The number of halogens is 1. The largest absolute Gasteiger partial charge is 0.377 e. The average molecular weight is 290 g/mol. The summed E-state index contributed by atoms with van der Waals surface area (Å²) in [4.78, 5) is 0.108. The zero-order valence-electron chi connectivity index (χ0n) is 10.1. The van der Waals surface area contributed by atoms with Crippen LogP contribution >= 0.6 is 11.6 Å². The highest BCUT2D eigenvalue weighted by atomic mass is 35.5. The molecule has 1 aromatic carbocycles. The fraction of sp³-hybridized carbons (Fsp3) is 0.500. The molecule has 1 aliphatic rings. The van der Waals surface area contributed by atoms with Crippen molar-refractivity contribution in [1.29, 1.82) is 0 Å². The number of rotatable bonds is 4. The van der Waals surface area contributed by atoms with E-state index in [0.29, 0.717) is 6.61 Å². The number of sulfonamides is 1. The zero-order valence-corrected chi connectivity index (χ0v) is 11.7. The topological polar surface area (TPSA) is 55.4 Å². The Bertz CT molecular complexity index is 512. The van der Waals surface area contributed by atoms with E-state index in [1.807, 2.05) is 6.92 Å². The molecular weight excluding hydrogens is 274 g/mol. The quantitative estimate of drug-likeness (QED) is 0.924. The van der Waals surface area contributed by atoms with Crippen molar-refractivity contribution in [3.05, 3.63) is 29.3 Å². The maximum atomic E-state index is 12.2. The van der Waals surface area contributed by atoms with Crippen molar-refractivity contribution >= 4 is 21.6 Å². The summed E-state index contributed by atoms with van der Waals surface area (Å²) < 4.78 is 32.4. The summed E-state index contributed by atoms with van der Waals surface area (Å²) in [6, 6.07) is 6.15. The molecule has 2 atom stereocenters. The summed E-state index contributed by atoms with van der Waals surface area (Å²) in [5.74, 6) is 0. The molecule has 2 rings (SSSR count). The Morgan fingerprint density at radius 2 is 2.17 bits per heavy atom.